The van der Waals surface area contributed by atoms with Crippen molar-refractivity contribution in [2.24, 2.45) is 10.9 Å². The molecule has 4 heteroatoms. The summed E-state index contributed by atoms with van der Waals surface area (Å²) in [5.41, 5.74) is 4.39. The quantitative estimate of drug-likeness (QED) is 0.742. The van der Waals surface area contributed by atoms with E-state index >= 15 is 0 Å². The third-order valence-electron chi connectivity index (χ3n) is 7.22. The Balaban J connectivity index is 1.76. The number of Topliss-reactive ketones (excluding diaryl/α,β-unsaturated/α-hetero) is 2. The molecular formula is C24H28N2O2. The van der Waals surface area contributed by atoms with E-state index in [2.05, 4.69) is 11.0 Å². The van der Waals surface area contributed by atoms with Gasteiger partial charge in [-0.1, -0.05) is 18.1 Å². The molecule has 0 unspecified atom stereocenters. The van der Waals surface area contributed by atoms with Gasteiger partial charge in [-0.2, -0.15) is 0 Å². The highest BCUT2D eigenvalue weighted by Crippen LogP contribution is 2.53. The number of benzene rings is 1. The number of anilines is 1. The van der Waals surface area contributed by atoms with E-state index in [1.54, 1.807) is 5.57 Å². The van der Waals surface area contributed by atoms with E-state index in [0.29, 0.717) is 11.5 Å². The Labute approximate surface area is 166 Å². The summed E-state index contributed by atoms with van der Waals surface area (Å²) in [4.78, 5) is 32.1. The summed E-state index contributed by atoms with van der Waals surface area (Å²) in [6.07, 6.45) is 10.9. The molecule has 2 aliphatic heterocycles. The van der Waals surface area contributed by atoms with Crippen LogP contribution in [0.1, 0.15) is 71.6 Å². The number of nitrogens with zero attached hydrogens (tertiary/aromatic N) is 2. The van der Waals surface area contributed by atoms with Gasteiger partial charge in [0, 0.05) is 11.6 Å². The third kappa shape index (κ3) is 2.46. The smallest absolute Gasteiger partial charge is 0.163 e. The molecule has 1 fully saturated rings. The minimum atomic E-state index is -0.163. The molecule has 0 amide bonds. The van der Waals surface area contributed by atoms with Crippen LogP contribution >= 0.6 is 0 Å². The summed E-state index contributed by atoms with van der Waals surface area (Å²) >= 11 is 0. The molecule has 28 heavy (non-hydrogen) atoms. The predicted octanol–water partition coefficient (Wildman–Crippen LogP) is 3.57. The second-order valence-corrected chi connectivity index (χ2v) is 8.92. The Morgan fingerprint density at radius 3 is 2.64 bits per heavy atom. The second kappa shape index (κ2) is 6.40. The molecule has 0 bridgehead atoms. The largest absolute Gasteiger partial charge is 0.318 e. The first-order valence-electron chi connectivity index (χ1n) is 10.8. The summed E-state index contributed by atoms with van der Waals surface area (Å²) in [6.45, 7) is 2.96. The summed E-state index contributed by atoms with van der Waals surface area (Å²) in [5.74, 6) is 0.255. The summed E-state index contributed by atoms with van der Waals surface area (Å²) in [6, 6.07) is 5.99. The van der Waals surface area contributed by atoms with Crippen LogP contribution in [0.4, 0.5) is 5.69 Å². The number of hydrogen-bond donors (Lipinski definition) is 0. The number of hydrogen-bond acceptors (Lipinski definition) is 4. The van der Waals surface area contributed by atoms with Crippen molar-refractivity contribution in [3.05, 3.63) is 40.0 Å². The summed E-state index contributed by atoms with van der Waals surface area (Å²) < 4.78 is 0. The van der Waals surface area contributed by atoms with Crippen molar-refractivity contribution < 1.29 is 9.59 Å². The van der Waals surface area contributed by atoms with Crippen LogP contribution < -0.4 is 15.5 Å². The lowest BCUT2D eigenvalue weighted by atomic mass is 9.70. The van der Waals surface area contributed by atoms with Crippen molar-refractivity contribution in [2.45, 2.75) is 77.3 Å². The minimum absolute atomic E-state index is 0.137. The van der Waals surface area contributed by atoms with Crippen LogP contribution in [0.2, 0.25) is 0 Å². The molecule has 1 aromatic carbocycles. The van der Waals surface area contributed by atoms with Gasteiger partial charge in [-0.05, 0) is 82.6 Å². The first-order valence-corrected chi connectivity index (χ1v) is 10.8. The second-order valence-electron chi connectivity index (χ2n) is 8.92. The molecular weight excluding hydrogens is 348 g/mol. The van der Waals surface area contributed by atoms with Crippen LogP contribution in [-0.2, 0) is 9.59 Å². The highest BCUT2D eigenvalue weighted by Gasteiger charge is 2.53. The first kappa shape index (κ1) is 17.8. The van der Waals surface area contributed by atoms with Gasteiger partial charge >= 0.3 is 0 Å². The van der Waals surface area contributed by atoms with Gasteiger partial charge in [0.1, 0.15) is 5.66 Å². The lowest BCUT2D eigenvalue weighted by Gasteiger charge is -2.52. The molecule has 4 aliphatic rings. The molecule has 0 aromatic heterocycles. The van der Waals surface area contributed by atoms with E-state index in [1.165, 1.54) is 64.5 Å². The van der Waals surface area contributed by atoms with E-state index in [9.17, 15) is 9.59 Å². The number of carbonyl (C=O) groups excluding carboxylic acids is 2. The molecule has 4 nitrogen and oxygen atoms in total. The highest BCUT2D eigenvalue weighted by atomic mass is 16.1. The van der Waals surface area contributed by atoms with Crippen molar-refractivity contribution in [3.8, 4) is 0 Å². The molecule has 2 atom stereocenters. The number of ketones is 2. The van der Waals surface area contributed by atoms with Gasteiger partial charge in [-0.3, -0.25) is 14.6 Å². The van der Waals surface area contributed by atoms with E-state index in [-0.39, 0.29) is 17.2 Å². The maximum atomic E-state index is 12.1. The van der Waals surface area contributed by atoms with E-state index in [4.69, 9.17) is 4.99 Å². The third-order valence-corrected chi connectivity index (χ3v) is 7.22. The van der Waals surface area contributed by atoms with E-state index in [1.807, 2.05) is 12.1 Å². The Morgan fingerprint density at radius 2 is 1.86 bits per heavy atom. The van der Waals surface area contributed by atoms with Gasteiger partial charge in [0.05, 0.1) is 16.6 Å². The van der Waals surface area contributed by atoms with Crippen molar-refractivity contribution >= 4 is 22.8 Å². The maximum Gasteiger partial charge on any atom is 0.163 e. The zero-order valence-electron chi connectivity index (χ0n) is 16.9. The van der Waals surface area contributed by atoms with Gasteiger partial charge in [-0.15, -0.1) is 0 Å². The zero-order chi connectivity index (χ0) is 19.5. The topological polar surface area (TPSA) is 49.7 Å². The normalized spacial score (nSPS) is 27.9. The lowest BCUT2D eigenvalue weighted by Crippen LogP contribution is -2.55. The van der Waals surface area contributed by atoms with Crippen LogP contribution in [-0.4, -0.2) is 17.2 Å². The summed E-state index contributed by atoms with van der Waals surface area (Å²) in [7, 11) is 0. The van der Waals surface area contributed by atoms with Gasteiger partial charge in [0.15, 0.2) is 11.6 Å². The standard InChI is InChI=1S/C24H28N2O2/c1-15(27)23(16(2)28)18-10-11-20-22(14-18)26-21-9-4-3-7-17(21)13-19-8-5-6-12-24(19,26)25-20/h10-11,14,19H,3-9,12-13H2,1-2H3/t19-,24-/m0/s1. The van der Waals surface area contributed by atoms with Crippen molar-refractivity contribution in [1.29, 1.82) is 0 Å². The molecule has 1 spiro atoms. The van der Waals surface area contributed by atoms with Crippen LogP contribution in [0.15, 0.2) is 34.5 Å². The zero-order valence-corrected chi connectivity index (χ0v) is 16.9. The molecule has 0 radical (unpaired) electrons. The molecule has 1 aromatic rings. The SMILES string of the molecule is CC(=O)C(C(C)=O)=c1ccc2c(c1)N1C3=C(CCCC3)C[C@@H]3CCCC[C@@]31N=2. The molecule has 146 valence electrons. The van der Waals surface area contributed by atoms with Crippen molar-refractivity contribution in [2.75, 3.05) is 4.90 Å². The van der Waals surface area contributed by atoms with Crippen LogP contribution in [0.3, 0.4) is 0 Å². The number of fused-ring (bicyclic) bond motifs is 3. The molecule has 2 heterocycles. The van der Waals surface area contributed by atoms with Crippen LogP contribution in [0.5, 0.6) is 0 Å². The first-order chi connectivity index (χ1) is 13.5. The van der Waals surface area contributed by atoms with Gasteiger partial charge in [-0.25, -0.2) is 0 Å². The predicted molar refractivity (Wildman–Crippen MR) is 109 cm³/mol. The average molecular weight is 377 g/mol. The number of rotatable bonds is 2. The molecule has 1 saturated carbocycles. The van der Waals surface area contributed by atoms with E-state index < -0.39 is 0 Å². The Bertz CT molecular complexity index is 1020. The highest BCUT2D eigenvalue weighted by molar-refractivity contribution is 6.39. The molecule has 2 aliphatic carbocycles. The Kier molecular flexibility index (Phi) is 4.08. The van der Waals surface area contributed by atoms with Crippen molar-refractivity contribution in [1.82, 2.24) is 0 Å². The molecule has 0 N–H and O–H groups in total. The average Bonchev–Trinajstić information content (AvgIpc) is 2.99. The van der Waals surface area contributed by atoms with Crippen molar-refractivity contribution in [3.63, 3.8) is 0 Å². The van der Waals surface area contributed by atoms with Gasteiger partial charge in [0.25, 0.3) is 0 Å². The Hall–Kier alpha value is -2.23. The maximum absolute atomic E-state index is 12.1. The lowest BCUT2D eigenvalue weighted by molar-refractivity contribution is -0.116. The fourth-order valence-corrected chi connectivity index (χ4v) is 6.11. The van der Waals surface area contributed by atoms with E-state index in [0.717, 1.165) is 29.1 Å². The molecule has 0 saturated heterocycles. The van der Waals surface area contributed by atoms with Crippen LogP contribution in [0.25, 0.3) is 5.57 Å². The van der Waals surface area contributed by atoms with Crippen LogP contribution in [0, 0.1) is 5.92 Å². The fraction of sp³-hybridized carbons (Fsp3) is 0.542. The van der Waals surface area contributed by atoms with Gasteiger partial charge in [0.2, 0.25) is 0 Å². The summed E-state index contributed by atoms with van der Waals surface area (Å²) in [5, 5.41) is 1.77. The van der Waals surface area contributed by atoms with Gasteiger partial charge < -0.3 is 4.90 Å². The Morgan fingerprint density at radius 1 is 1.07 bits per heavy atom. The fourth-order valence-electron chi connectivity index (χ4n) is 6.11. The minimum Gasteiger partial charge on any atom is -0.318 e. The number of carbonyl (C=O) groups is 2. The monoisotopic (exact) mass is 376 g/mol. The molecule has 5 rings (SSSR count). The number of allylic oxidation sites excluding steroid dienone is 2.